The lowest BCUT2D eigenvalue weighted by Gasteiger charge is -2.32. The van der Waals surface area contributed by atoms with E-state index in [0.717, 1.165) is 45.3 Å². The lowest BCUT2D eigenvalue weighted by atomic mass is 9.96. The Morgan fingerprint density at radius 1 is 1.17 bits per heavy atom. The molecular formula is C18H26N4O2. The highest BCUT2D eigenvalue weighted by Crippen LogP contribution is 2.21. The Labute approximate surface area is 143 Å². The van der Waals surface area contributed by atoms with Crippen LogP contribution in [0.25, 0.3) is 0 Å². The van der Waals surface area contributed by atoms with Crippen LogP contribution in [0.4, 0.5) is 10.5 Å². The molecule has 1 saturated carbocycles. The summed E-state index contributed by atoms with van der Waals surface area (Å²) < 4.78 is 0. The van der Waals surface area contributed by atoms with Crippen molar-refractivity contribution >= 4 is 17.6 Å². The number of piperidine rings is 1. The van der Waals surface area contributed by atoms with E-state index in [4.69, 9.17) is 0 Å². The van der Waals surface area contributed by atoms with E-state index in [1.807, 2.05) is 30.1 Å². The first-order valence-corrected chi connectivity index (χ1v) is 8.77. The maximum Gasteiger partial charge on any atom is 0.319 e. The molecule has 1 aromatic rings. The van der Waals surface area contributed by atoms with Gasteiger partial charge >= 0.3 is 6.03 Å². The quantitative estimate of drug-likeness (QED) is 0.773. The minimum Gasteiger partial charge on any atom is -0.339 e. The summed E-state index contributed by atoms with van der Waals surface area (Å²) in [4.78, 5) is 26.4. The summed E-state index contributed by atoms with van der Waals surface area (Å²) in [5, 5.41) is 8.89. The van der Waals surface area contributed by atoms with Crippen LogP contribution < -0.4 is 16.0 Å². The molecule has 0 bridgehead atoms. The number of carbonyl (C=O) groups excluding carboxylic acids is 2. The summed E-state index contributed by atoms with van der Waals surface area (Å²) in [5.74, 6) is 0.697. The van der Waals surface area contributed by atoms with Crippen LogP contribution in [0.5, 0.6) is 0 Å². The topological polar surface area (TPSA) is 73.5 Å². The van der Waals surface area contributed by atoms with Crippen molar-refractivity contribution in [2.75, 3.05) is 32.0 Å². The fourth-order valence-electron chi connectivity index (χ4n) is 3.12. The lowest BCUT2D eigenvalue weighted by molar-refractivity contribution is 0.0691. The summed E-state index contributed by atoms with van der Waals surface area (Å²) >= 11 is 0. The van der Waals surface area contributed by atoms with E-state index < -0.39 is 0 Å². The van der Waals surface area contributed by atoms with Crippen molar-refractivity contribution in [1.82, 2.24) is 15.5 Å². The van der Waals surface area contributed by atoms with Crippen molar-refractivity contribution in [3.05, 3.63) is 29.8 Å². The predicted molar refractivity (Wildman–Crippen MR) is 94.2 cm³/mol. The van der Waals surface area contributed by atoms with Gasteiger partial charge in [-0.1, -0.05) is 6.07 Å². The van der Waals surface area contributed by atoms with E-state index in [1.54, 1.807) is 6.07 Å². The number of hydrogen-bond acceptors (Lipinski definition) is 3. The average molecular weight is 330 g/mol. The largest absolute Gasteiger partial charge is 0.339 e. The van der Waals surface area contributed by atoms with Crippen molar-refractivity contribution < 1.29 is 9.59 Å². The summed E-state index contributed by atoms with van der Waals surface area (Å²) in [6.07, 6.45) is 4.17. The van der Waals surface area contributed by atoms with E-state index >= 15 is 0 Å². The average Bonchev–Trinajstić information content (AvgIpc) is 3.39. The molecule has 24 heavy (non-hydrogen) atoms. The summed E-state index contributed by atoms with van der Waals surface area (Å²) in [5.41, 5.74) is 1.29. The molecule has 1 aliphatic heterocycles. The molecule has 1 saturated heterocycles. The van der Waals surface area contributed by atoms with Crippen molar-refractivity contribution in [2.24, 2.45) is 5.92 Å². The molecule has 3 N–H and O–H groups in total. The van der Waals surface area contributed by atoms with Crippen LogP contribution in [0, 0.1) is 5.92 Å². The monoisotopic (exact) mass is 330 g/mol. The van der Waals surface area contributed by atoms with Gasteiger partial charge in [0, 0.05) is 30.4 Å². The first-order chi connectivity index (χ1) is 11.7. The van der Waals surface area contributed by atoms with Crippen molar-refractivity contribution in [3.8, 4) is 0 Å². The summed E-state index contributed by atoms with van der Waals surface area (Å²) in [6, 6.07) is 7.31. The van der Waals surface area contributed by atoms with E-state index in [0.29, 0.717) is 23.2 Å². The second-order valence-electron chi connectivity index (χ2n) is 6.75. The zero-order valence-electron chi connectivity index (χ0n) is 14.2. The number of likely N-dealkylation sites (tertiary alicyclic amines) is 1. The van der Waals surface area contributed by atoms with Crippen LogP contribution in [-0.2, 0) is 0 Å². The van der Waals surface area contributed by atoms with Crippen molar-refractivity contribution in [1.29, 1.82) is 0 Å². The number of nitrogens with one attached hydrogen (secondary N) is 3. The van der Waals surface area contributed by atoms with Gasteiger partial charge in [0.05, 0.1) is 0 Å². The molecule has 0 aromatic heterocycles. The molecule has 1 heterocycles. The van der Waals surface area contributed by atoms with Crippen molar-refractivity contribution in [3.63, 3.8) is 0 Å². The van der Waals surface area contributed by atoms with E-state index in [1.165, 1.54) is 0 Å². The summed E-state index contributed by atoms with van der Waals surface area (Å²) in [6.45, 7) is 2.60. The molecule has 0 atom stereocenters. The van der Waals surface area contributed by atoms with Gasteiger partial charge in [-0.2, -0.15) is 0 Å². The van der Waals surface area contributed by atoms with Gasteiger partial charge in [0.15, 0.2) is 0 Å². The highest BCUT2D eigenvalue weighted by molar-refractivity contribution is 5.97. The first kappa shape index (κ1) is 16.8. The third-order valence-corrected chi connectivity index (χ3v) is 4.67. The van der Waals surface area contributed by atoms with E-state index in [2.05, 4.69) is 16.0 Å². The third kappa shape index (κ3) is 4.47. The predicted octanol–water partition coefficient (Wildman–Crippen LogP) is 2.04. The van der Waals surface area contributed by atoms with Gasteiger partial charge in [-0.05, 0) is 63.4 Å². The zero-order valence-corrected chi connectivity index (χ0v) is 14.2. The molecule has 1 aromatic carbocycles. The number of carbonyl (C=O) groups is 2. The molecule has 130 valence electrons. The minimum atomic E-state index is -0.199. The molecular weight excluding hydrogens is 304 g/mol. The van der Waals surface area contributed by atoms with Gasteiger partial charge in [0.2, 0.25) is 0 Å². The fourth-order valence-corrected chi connectivity index (χ4v) is 3.12. The van der Waals surface area contributed by atoms with Gasteiger partial charge < -0.3 is 20.9 Å². The van der Waals surface area contributed by atoms with Crippen LogP contribution in [0.3, 0.4) is 0 Å². The molecule has 3 rings (SSSR count). The van der Waals surface area contributed by atoms with Crippen molar-refractivity contribution in [2.45, 2.75) is 31.7 Å². The van der Waals surface area contributed by atoms with E-state index in [-0.39, 0.29) is 11.9 Å². The molecule has 2 fully saturated rings. The number of anilines is 1. The van der Waals surface area contributed by atoms with Gasteiger partial charge in [-0.15, -0.1) is 0 Å². The highest BCUT2D eigenvalue weighted by atomic mass is 16.2. The Balaban J connectivity index is 1.56. The van der Waals surface area contributed by atoms with Gasteiger partial charge in [-0.3, -0.25) is 4.79 Å². The Hall–Kier alpha value is -2.08. The summed E-state index contributed by atoms with van der Waals surface area (Å²) in [7, 11) is 1.97. The Bertz CT molecular complexity index is 592. The molecule has 0 spiro atoms. The highest BCUT2D eigenvalue weighted by Gasteiger charge is 2.24. The molecule has 6 nitrogen and oxygen atoms in total. The van der Waals surface area contributed by atoms with Crippen LogP contribution in [0.15, 0.2) is 24.3 Å². The third-order valence-electron chi connectivity index (χ3n) is 4.67. The van der Waals surface area contributed by atoms with Crippen LogP contribution in [-0.4, -0.2) is 49.6 Å². The SMILES string of the molecule is CNCC1CCN(C(=O)c2cccc(NC(=O)NC3CC3)c2)CC1. The normalized spacial score (nSPS) is 18.3. The van der Waals surface area contributed by atoms with Crippen LogP contribution in [0.2, 0.25) is 0 Å². The van der Waals surface area contributed by atoms with Gasteiger partial charge in [0.25, 0.3) is 5.91 Å². The van der Waals surface area contributed by atoms with Gasteiger partial charge in [-0.25, -0.2) is 4.79 Å². The number of rotatable bonds is 5. The lowest BCUT2D eigenvalue weighted by Crippen LogP contribution is -2.40. The van der Waals surface area contributed by atoms with Crippen LogP contribution >= 0.6 is 0 Å². The molecule has 3 amide bonds. The Morgan fingerprint density at radius 3 is 2.58 bits per heavy atom. The number of hydrogen-bond donors (Lipinski definition) is 3. The molecule has 6 heteroatoms. The molecule has 1 aliphatic carbocycles. The fraction of sp³-hybridized carbons (Fsp3) is 0.556. The number of amides is 3. The number of nitrogens with zero attached hydrogens (tertiary/aromatic N) is 1. The Morgan fingerprint density at radius 2 is 1.92 bits per heavy atom. The molecule has 0 unspecified atom stereocenters. The van der Waals surface area contributed by atoms with Crippen LogP contribution in [0.1, 0.15) is 36.0 Å². The number of benzene rings is 1. The second-order valence-corrected chi connectivity index (χ2v) is 6.75. The zero-order chi connectivity index (χ0) is 16.9. The Kier molecular flexibility index (Phi) is 5.35. The standard InChI is InChI=1S/C18H26N4O2/c1-19-12-13-7-9-22(10-8-13)17(23)14-3-2-4-16(11-14)21-18(24)20-15-5-6-15/h2-4,11,13,15,19H,5-10,12H2,1H3,(H2,20,21,24). The number of urea groups is 1. The van der Waals surface area contributed by atoms with Gasteiger partial charge in [0.1, 0.15) is 0 Å². The maximum absolute atomic E-state index is 12.7. The van der Waals surface area contributed by atoms with E-state index in [9.17, 15) is 9.59 Å². The smallest absolute Gasteiger partial charge is 0.319 e. The molecule has 0 radical (unpaired) electrons. The minimum absolute atomic E-state index is 0.0455. The second kappa shape index (κ2) is 7.66. The molecule has 2 aliphatic rings. The maximum atomic E-state index is 12.7. The first-order valence-electron chi connectivity index (χ1n) is 8.77.